The largest absolute Gasteiger partial charge is 0.317 e. The monoisotopic (exact) mass is 359 g/mol. The molecule has 1 aliphatic rings. The summed E-state index contributed by atoms with van der Waals surface area (Å²) in [6, 6.07) is 7.51. The van der Waals surface area contributed by atoms with Gasteiger partial charge in [0.25, 0.3) is 0 Å². The van der Waals surface area contributed by atoms with Crippen molar-refractivity contribution < 1.29 is 4.39 Å². The molecule has 0 radical (unpaired) electrons. The van der Waals surface area contributed by atoms with Gasteiger partial charge in [0, 0.05) is 24.2 Å². The zero-order valence-electron chi connectivity index (χ0n) is 13.3. The van der Waals surface area contributed by atoms with E-state index in [1.54, 1.807) is 18.3 Å². The van der Waals surface area contributed by atoms with Crippen LogP contribution in [0.25, 0.3) is 10.9 Å². The van der Waals surface area contributed by atoms with E-state index in [0.29, 0.717) is 6.04 Å². The Hall–Kier alpha value is -0.940. The van der Waals surface area contributed by atoms with Crippen molar-refractivity contribution in [1.29, 1.82) is 0 Å². The number of pyridine rings is 1. The van der Waals surface area contributed by atoms with Crippen LogP contribution in [-0.2, 0) is 6.54 Å². The van der Waals surface area contributed by atoms with Crippen LogP contribution in [0.5, 0.6) is 0 Å². The average molecular weight is 360 g/mol. The van der Waals surface area contributed by atoms with E-state index in [0.717, 1.165) is 42.5 Å². The van der Waals surface area contributed by atoms with Crippen molar-refractivity contribution in [3.8, 4) is 0 Å². The Morgan fingerprint density at radius 3 is 2.91 bits per heavy atom. The zero-order chi connectivity index (χ0) is 14.7. The summed E-state index contributed by atoms with van der Waals surface area (Å²) in [7, 11) is 2.13. The van der Waals surface area contributed by atoms with Crippen molar-refractivity contribution in [3.63, 3.8) is 0 Å². The topological polar surface area (TPSA) is 28.2 Å². The standard InChI is InChI=1S/C17H22FN3.2ClH/c1-21(16-5-3-7-19-9-6-16)12-14-11-15(18)10-13-4-2-8-20-17(13)14;;/h2,4,8,10-11,16,19H,3,5-7,9,12H2,1H3;2*1H. The normalized spacial score (nSPS) is 18.1. The first-order valence-corrected chi connectivity index (χ1v) is 7.68. The Labute approximate surface area is 149 Å². The van der Waals surface area contributed by atoms with Crippen molar-refractivity contribution >= 4 is 35.7 Å². The molecule has 1 aliphatic heterocycles. The van der Waals surface area contributed by atoms with Crippen LogP contribution in [0.1, 0.15) is 24.8 Å². The SMILES string of the molecule is CN(Cc1cc(F)cc2cccnc12)C1CCCNCC1.Cl.Cl. The Morgan fingerprint density at radius 2 is 2.09 bits per heavy atom. The first kappa shape index (κ1) is 20.1. The molecule has 1 atom stereocenters. The molecular formula is C17H24Cl2FN3. The number of rotatable bonds is 3. The molecule has 3 rings (SSSR count). The van der Waals surface area contributed by atoms with Crippen LogP contribution < -0.4 is 5.32 Å². The fourth-order valence-electron chi connectivity index (χ4n) is 3.19. The summed E-state index contributed by atoms with van der Waals surface area (Å²) in [4.78, 5) is 6.78. The Kier molecular flexibility index (Phi) is 8.20. The van der Waals surface area contributed by atoms with Crippen molar-refractivity contribution in [2.75, 3.05) is 20.1 Å². The molecule has 0 bridgehead atoms. The molecule has 1 aromatic heterocycles. The molecule has 3 nitrogen and oxygen atoms in total. The maximum atomic E-state index is 13.8. The van der Waals surface area contributed by atoms with Gasteiger partial charge in [0.1, 0.15) is 5.82 Å². The van der Waals surface area contributed by atoms with Crippen LogP contribution in [0.4, 0.5) is 4.39 Å². The van der Waals surface area contributed by atoms with Gasteiger partial charge in [-0.2, -0.15) is 0 Å². The molecule has 0 spiro atoms. The van der Waals surface area contributed by atoms with Gasteiger partial charge in [-0.15, -0.1) is 24.8 Å². The molecule has 1 saturated heterocycles. The van der Waals surface area contributed by atoms with E-state index in [1.165, 1.54) is 12.8 Å². The molecule has 0 amide bonds. The number of aromatic nitrogens is 1. The Morgan fingerprint density at radius 1 is 1.26 bits per heavy atom. The van der Waals surface area contributed by atoms with E-state index >= 15 is 0 Å². The van der Waals surface area contributed by atoms with Gasteiger partial charge in [0.15, 0.2) is 0 Å². The number of nitrogens with zero attached hydrogens (tertiary/aromatic N) is 2. The number of halogens is 3. The first-order chi connectivity index (χ1) is 10.2. The van der Waals surface area contributed by atoms with E-state index in [1.807, 2.05) is 12.1 Å². The lowest BCUT2D eigenvalue weighted by atomic mass is 10.1. The number of benzene rings is 1. The summed E-state index contributed by atoms with van der Waals surface area (Å²) >= 11 is 0. The fourth-order valence-corrected chi connectivity index (χ4v) is 3.19. The molecule has 1 N–H and O–H groups in total. The van der Waals surface area contributed by atoms with E-state index < -0.39 is 0 Å². The van der Waals surface area contributed by atoms with Crippen LogP contribution in [0.15, 0.2) is 30.5 Å². The zero-order valence-corrected chi connectivity index (χ0v) is 14.9. The molecule has 1 aromatic carbocycles. The van der Waals surface area contributed by atoms with Gasteiger partial charge >= 0.3 is 0 Å². The minimum absolute atomic E-state index is 0. The Bertz CT molecular complexity index is 616. The third-order valence-electron chi connectivity index (χ3n) is 4.34. The lowest BCUT2D eigenvalue weighted by molar-refractivity contribution is 0.217. The Balaban J connectivity index is 0.00000132. The van der Waals surface area contributed by atoms with Crippen LogP contribution in [0.3, 0.4) is 0 Å². The van der Waals surface area contributed by atoms with E-state index in [-0.39, 0.29) is 30.6 Å². The van der Waals surface area contributed by atoms with Gasteiger partial charge in [-0.3, -0.25) is 9.88 Å². The predicted octanol–water partition coefficient (Wildman–Crippen LogP) is 3.79. The third-order valence-corrected chi connectivity index (χ3v) is 4.34. The summed E-state index contributed by atoms with van der Waals surface area (Å²) in [6.45, 7) is 2.92. The summed E-state index contributed by atoms with van der Waals surface area (Å²) < 4.78 is 13.8. The van der Waals surface area contributed by atoms with Gasteiger partial charge in [-0.1, -0.05) is 6.07 Å². The number of hydrogen-bond donors (Lipinski definition) is 1. The van der Waals surface area contributed by atoms with Crippen molar-refractivity contribution in [2.45, 2.75) is 31.8 Å². The van der Waals surface area contributed by atoms with Gasteiger partial charge in [-0.05, 0) is 63.2 Å². The third kappa shape index (κ3) is 5.01. The van der Waals surface area contributed by atoms with E-state index in [4.69, 9.17) is 0 Å². The van der Waals surface area contributed by atoms with Crippen molar-refractivity contribution in [3.05, 3.63) is 41.8 Å². The van der Waals surface area contributed by atoms with Crippen molar-refractivity contribution in [1.82, 2.24) is 15.2 Å². The maximum absolute atomic E-state index is 13.8. The second-order valence-electron chi connectivity index (χ2n) is 5.89. The maximum Gasteiger partial charge on any atom is 0.124 e. The van der Waals surface area contributed by atoms with Gasteiger partial charge < -0.3 is 5.32 Å². The highest BCUT2D eigenvalue weighted by Gasteiger charge is 2.18. The lowest BCUT2D eigenvalue weighted by Gasteiger charge is -2.27. The minimum atomic E-state index is -0.179. The lowest BCUT2D eigenvalue weighted by Crippen LogP contribution is -2.32. The van der Waals surface area contributed by atoms with Crippen molar-refractivity contribution in [2.24, 2.45) is 0 Å². The molecule has 1 unspecified atom stereocenters. The predicted molar refractivity (Wildman–Crippen MR) is 98.2 cm³/mol. The van der Waals surface area contributed by atoms with E-state index in [9.17, 15) is 4.39 Å². The van der Waals surface area contributed by atoms with E-state index in [2.05, 4.69) is 22.2 Å². The molecule has 0 saturated carbocycles. The van der Waals surface area contributed by atoms with Crippen LogP contribution >= 0.6 is 24.8 Å². The summed E-state index contributed by atoms with van der Waals surface area (Å²) in [6.07, 6.45) is 5.33. The van der Waals surface area contributed by atoms with Crippen LogP contribution in [-0.4, -0.2) is 36.1 Å². The fraction of sp³-hybridized carbons (Fsp3) is 0.471. The second-order valence-corrected chi connectivity index (χ2v) is 5.89. The highest BCUT2D eigenvalue weighted by atomic mass is 35.5. The average Bonchev–Trinajstić information content (AvgIpc) is 2.76. The first-order valence-electron chi connectivity index (χ1n) is 7.68. The van der Waals surface area contributed by atoms with Gasteiger partial charge in [0.2, 0.25) is 0 Å². The van der Waals surface area contributed by atoms with Gasteiger partial charge in [-0.25, -0.2) is 4.39 Å². The highest BCUT2D eigenvalue weighted by molar-refractivity contribution is 5.85. The summed E-state index contributed by atoms with van der Waals surface area (Å²) in [5.74, 6) is -0.179. The molecule has 128 valence electrons. The van der Waals surface area contributed by atoms with Crippen LogP contribution in [0, 0.1) is 5.82 Å². The second kappa shape index (κ2) is 9.38. The molecule has 1 fully saturated rings. The number of nitrogens with one attached hydrogen (secondary N) is 1. The molecule has 6 heteroatoms. The summed E-state index contributed by atoms with van der Waals surface area (Å²) in [5, 5.41) is 4.31. The smallest absolute Gasteiger partial charge is 0.124 e. The summed E-state index contributed by atoms with van der Waals surface area (Å²) in [5.41, 5.74) is 1.89. The van der Waals surface area contributed by atoms with Crippen LogP contribution in [0.2, 0.25) is 0 Å². The molecule has 23 heavy (non-hydrogen) atoms. The molecular weight excluding hydrogens is 336 g/mol. The number of hydrogen-bond acceptors (Lipinski definition) is 3. The highest BCUT2D eigenvalue weighted by Crippen LogP contribution is 2.22. The molecule has 2 heterocycles. The molecule has 0 aliphatic carbocycles. The minimum Gasteiger partial charge on any atom is -0.317 e. The molecule has 2 aromatic rings. The number of fused-ring (bicyclic) bond motifs is 1. The van der Waals surface area contributed by atoms with Gasteiger partial charge in [0.05, 0.1) is 5.52 Å². The quantitative estimate of drug-likeness (QED) is 0.903.